The Morgan fingerprint density at radius 3 is 2.67 bits per heavy atom. The minimum Gasteiger partial charge on any atom is -0.493 e. The zero-order valence-electron chi connectivity index (χ0n) is 19.6. The molecule has 1 aromatic heterocycles. The van der Waals surface area contributed by atoms with E-state index in [0.717, 1.165) is 30.2 Å². The normalized spacial score (nSPS) is 15.4. The molecule has 0 radical (unpaired) electrons. The molecule has 4 rings (SSSR count). The number of carboxylic acids is 1. The molecule has 3 aromatic rings. The molecule has 1 heterocycles. The van der Waals surface area contributed by atoms with Crippen LogP contribution in [-0.4, -0.2) is 40.2 Å². The molecule has 8 nitrogen and oxygen atoms in total. The molecule has 11 heteroatoms. The van der Waals surface area contributed by atoms with Gasteiger partial charge in [0.25, 0.3) is 5.56 Å². The summed E-state index contributed by atoms with van der Waals surface area (Å²) in [5.41, 5.74) is 0.890. The van der Waals surface area contributed by atoms with Crippen molar-refractivity contribution in [2.75, 3.05) is 7.11 Å². The lowest BCUT2D eigenvalue weighted by molar-refractivity contribution is -0.144. The van der Waals surface area contributed by atoms with Crippen molar-refractivity contribution in [3.8, 4) is 11.5 Å². The molecule has 0 unspecified atom stereocenters. The lowest BCUT2D eigenvalue weighted by Crippen LogP contribution is -2.25. The first kappa shape index (κ1) is 26.6. The lowest BCUT2D eigenvalue weighted by Gasteiger charge is -2.23. The quantitative estimate of drug-likeness (QED) is 0.301. The number of methoxy groups -OCH3 is 1. The number of ether oxygens (including phenoxy) is 2. The highest BCUT2D eigenvalue weighted by Crippen LogP contribution is 2.42. The molecule has 1 aliphatic rings. The zero-order chi connectivity index (χ0) is 26.0. The Kier molecular flexibility index (Phi) is 8.37. The van der Waals surface area contributed by atoms with Gasteiger partial charge in [0.05, 0.1) is 24.2 Å². The molecular formula is C25H24Br2ClN3O5. The molecule has 1 saturated carbocycles. The fourth-order valence-electron chi connectivity index (χ4n) is 4.21. The average Bonchev–Trinajstić information content (AvgIpc) is 2.87. The van der Waals surface area contributed by atoms with Crippen molar-refractivity contribution < 1.29 is 19.4 Å². The van der Waals surface area contributed by atoms with Gasteiger partial charge in [-0.3, -0.25) is 4.79 Å². The predicted molar refractivity (Wildman–Crippen MR) is 146 cm³/mol. The number of nitrogens with zero attached hydrogens (tertiary/aromatic N) is 3. The maximum Gasteiger partial charge on any atom is 0.344 e. The van der Waals surface area contributed by atoms with Crippen molar-refractivity contribution in [2.24, 2.45) is 5.10 Å². The van der Waals surface area contributed by atoms with Crippen LogP contribution in [0.1, 0.15) is 56.3 Å². The zero-order valence-corrected chi connectivity index (χ0v) is 23.6. The highest BCUT2D eigenvalue weighted by molar-refractivity contribution is 9.10. The third-order valence-electron chi connectivity index (χ3n) is 6.13. The minimum atomic E-state index is -1.14. The van der Waals surface area contributed by atoms with Gasteiger partial charge in [0, 0.05) is 20.4 Å². The van der Waals surface area contributed by atoms with Crippen molar-refractivity contribution >= 4 is 66.5 Å². The van der Waals surface area contributed by atoms with Crippen molar-refractivity contribution in [2.45, 2.75) is 51.0 Å². The number of aliphatic carboxylic acids is 1. The summed E-state index contributed by atoms with van der Waals surface area (Å²) in [7, 11) is 1.43. The monoisotopic (exact) mass is 639 g/mol. The van der Waals surface area contributed by atoms with Crippen LogP contribution in [0.3, 0.4) is 0 Å². The summed E-state index contributed by atoms with van der Waals surface area (Å²) in [6.45, 7) is 1.39. The second-order valence-electron chi connectivity index (χ2n) is 8.55. The van der Waals surface area contributed by atoms with E-state index in [1.807, 2.05) is 12.1 Å². The van der Waals surface area contributed by atoms with Crippen molar-refractivity contribution in [3.63, 3.8) is 0 Å². The van der Waals surface area contributed by atoms with Gasteiger partial charge in [-0.05, 0) is 60.0 Å². The Balaban J connectivity index is 1.82. The standard InChI is InChI=1S/C25H24Br2ClN3O5/c1-13(25(33)34)36-22-19(35-2)10-15(20(27)21(22)28)12-29-31-23(14-6-4-3-5-7-14)30-18-9-8-16(26)11-17(18)24(31)32/h8-14H,3-7H2,1-2H3,(H,33,34)/t13-/m0/s1. The highest BCUT2D eigenvalue weighted by Gasteiger charge is 2.24. The summed E-state index contributed by atoms with van der Waals surface area (Å²) >= 11 is 13.4. The molecule has 0 bridgehead atoms. The van der Waals surface area contributed by atoms with Crippen molar-refractivity contribution in [3.05, 3.63) is 60.0 Å². The van der Waals surface area contributed by atoms with Gasteiger partial charge in [-0.25, -0.2) is 9.78 Å². The molecule has 0 saturated heterocycles. The van der Waals surface area contributed by atoms with Gasteiger partial charge in [0.1, 0.15) is 10.8 Å². The fraction of sp³-hybridized carbons (Fsp3) is 0.360. The Morgan fingerprint density at radius 2 is 2.00 bits per heavy atom. The Bertz CT molecular complexity index is 1400. The van der Waals surface area contributed by atoms with Crippen LogP contribution in [0.5, 0.6) is 11.5 Å². The number of carboxylic acid groups (broad SMARTS) is 1. The van der Waals surface area contributed by atoms with Gasteiger partial charge < -0.3 is 14.6 Å². The predicted octanol–water partition coefficient (Wildman–Crippen LogP) is 6.37. The second-order valence-corrected chi connectivity index (χ2v) is 10.6. The van der Waals surface area contributed by atoms with Crippen LogP contribution in [0, 0.1) is 0 Å². The van der Waals surface area contributed by atoms with Gasteiger partial charge in [0.15, 0.2) is 17.6 Å². The van der Waals surface area contributed by atoms with E-state index in [2.05, 4.69) is 37.0 Å². The molecule has 1 N–H and O–H groups in total. The molecule has 2 aromatic carbocycles. The Labute approximate surface area is 229 Å². The third kappa shape index (κ3) is 5.45. The van der Waals surface area contributed by atoms with Crippen molar-refractivity contribution in [1.29, 1.82) is 0 Å². The number of rotatable bonds is 7. The minimum absolute atomic E-state index is 0.0929. The number of aromatic nitrogens is 2. The molecular weight excluding hydrogens is 618 g/mol. The molecule has 36 heavy (non-hydrogen) atoms. The van der Waals surface area contributed by atoms with Crippen LogP contribution >= 0.6 is 43.5 Å². The third-order valence-corrected chi connectivity index (χ3v) is 8.07. The second kappa shape index (κ2) is 11.3. The number of hydrogen-bond acceptors (Lipinski definition) is 6. The summed E-state index contributed by atoms with van der Waals surface area (Å²) in [5, 5.41) is 14.3. The van der Waals surface area contributed by atoms with E-state index in [9.17, 15) is 14.7 Å². The largest absolute Gasteiger partial charge is 0.493 e. The van der Waals surface area contributed by atoms with Gasteiger partial charge in [-0.2, -0.15) is 9.78 Å². The molecule has 190 valence electrons. The number of carbonyl (C=O) groups is 1. The van der Waals surface area contributed by atoms with E-state index < -0.39 is 12.1 Å². The van der Waals surface area contributed by atoms with Crippen LogP contribution in [0.4, 0.5) is 0 Å². The first-order chi connectivity index (χ1) is 17.2. The smallest absolute Gasteiger partial charge is 0.344 e. The number of fused-ring (bicyclic) bond motifs is 1. The van der Waals surface area contributed by atoms with E-state index in [4.69, 9.17) is 26.1 Å². The van der Waals surface area contributed by atoms with Gasteiger partial charge in [-0.15, -0.1) is 0 Å². The molecule has 1 aliphatic carbocycles. The maximum absolute atomic E-state index is 13.5. The molecule has 1 fully saturated rings. The number of hydrogen-bond donors (Lipinski definition) is 1. The summed E-state index contributed by atoms with van der Waals surface area (Å²) in [4.78, 5) is 29.6. The lowest BCUT2D eigenvalue weighted by atomic mass is 9.88. The molecule has 0 aliphatic heterocycles. The van der Waals surface area contributed by atoms with Crippen LogP contribution in [0.15, 0.2) is 43.1 Å². The van der Waals surface area contributed by atoms with E-state index in [0.29, 0.717) is 26.8 Å². The van der Waals surface area contributed by atoms with Crippen LogP contribution in [-0.2, 0) is 4.79 Å². The Hall–Kier alpha value is -2.43. The van der Waals surface area contributed by atoms with Gasteiger partial charge in [-0.1, -0.05) is 46.8 Å². The molecule has 0 spiro atoms. The van der Waals surface area contributed by atoms with Crippen molar-refractivity contribution in [1.82, 2.24) is 9.66 Å². The van der Waals surface area contributed by atoms with Crippen LogP contribution < -0.4 is 15.0 Å². The SMILES string of the molecule is COc1cc(C=Nn2c(C3CCCCC3)nc3ccc(Br)cc3c2=O)c(Br)c(Cl)c1O[C@@H](C)C(=O)O. The first-order valence-corrected chi connectivity index (χ1v) is 13.4. The summed E-state index contributed by atoms with van der Waals surface area (Å²) in [6, 6.07) is 7.05. The summed E-state index contributed by atoms with van der Waals surface area (Å²) in [5.74, 6) is -0.0461. The fourth-order valence-corrected chi connectivity index (χ4v) is 5.21. The van der Waals surface area contributed by atoms with Crippen LogP contribution in [0.2, 0.25) is 5.02 Å². The van der Waals surface area contributed by atoms with Gasteiger partial charge >= 0.3 is 5.97 Å². The van der Waals surface area contributed by atoms with E-state index >= 15 is 0 Å². The first-order valence-electron chi connectivity index (χ1n) is 11.4. The summed E-state index contributed by atoms with van der Waals surface area (Å²) in [6.07, 6.45) is 5.59. The van der Waals surface area contributed by atoms with Gasteiger partial charge in [0.2, 0.25) is 0 Å². The molecule has 0 amide bonds. The van der Waals surface area contributed by atoms with E-state index in [1.54, 1.807) is 12.1 Å². The number of halogens is 3. The number of benzene rings is 2. The van der Waals surface area contributed by atoms with E-state index in [-0.39, 0.29) is 28.0 Å². The highest BCUT2D eigenvalue weighted by atomic mass is 79.9. The maximum atomic E-state index is 13.5. The molecule has 1 atom stereocenters. The topological polar surface area (TPSA) is 103 Å². The van der Waals surface area contributed by atoms with E-state index in [1.165, 1.54) is 31.3 Å². The average molecular weight is 642 g/mol. The Morgan fingerprint density at radius 1 is 1.28 bits per heavy atom. The van der Waals surface area contributed by atoms with Crippen LogP contribution in [0.25, 0.3) is 10.9 Å². The summed E-state index contributed by atoms with van der Waals surface area (Å²) < 4.78 is 13.5.